The molecule has 2 bridgehead atoms. The Balaban J connectivity index is 1.48. The number of piperidine rings is 1. The molecule has 3 aliphatic rings. The van der Waals surface area contributed by atoms with Gasteiger partial charge in [0.1, 0.15) is 0 Å². The van der Waals surface area contributed by atoms with Crippen molar-refractivity contribution < 1.29 is 4.79 Å². The minimum absolute atomic E-state index is 0.106. The Morgan fingerprint density at radius 2 is 2.11 bits per heavy atom. The fourth-order valence-electron chi connectivity index (χ4n) is 3.98. The van der Waals surface area contributed by atoms with Gasteiger partial charge in [-0.05, 0) is 67.8 Å². The Kier molecular flexibility index (Phi) is 2.62. The molecule has 1 amide bonds. The van der Waals surface area contributed by atoms with Crippen molar-refractivity contribution in [2.45, 2.75) is 44.2 Å². The van der Waals surface area contributed by atoms with Gasteiger partial charge in [-0.25, -0.2) is 0 Å². The number of aryl methyl sites for hydroxylation is 2. The van der Waals surface area contributed by atoms with Crippen molar-refractivity contribution >= 4 is 5.91 Å². The van der Waals surface area contributed by atoms with E-state index in [1.54, 1.807) is 0 Å². The summed E-state index contributed by atoms with van der Waals surface area (Å²) in [5.41, 5.74) is 3.64. The minimum atomic E-state index is 0.106. The SMILES string of the molecule is O=C(NC1CC2CNC1C2)c1ccc2c(c1)CCC2. The van der Waals surface area contributed by atoms with Crippen molar-refractivity contribution in [2.24, 2.45) is 5.92 Å². The Hall–Kier alpha value is -1.35. The largest absolute Gasteiger partial charge is 0.348 e. The first-order valence-electron chi connectivity index (χ1n) is 7.45. The highest BCUT2D eigenvalue weighted by Crippen LogP contribution is 2.31. The van der Waals surface area contributed by atoms with Crippen molar-refractivity contribution in [3.63, 3.8) is 0 Å². The van der Waals surface area contributed by atoms with E-state index < -0.39 is 0 Å². The maximum absolute atomic E-state index is 12.3. The first-order chi connectivity index (χ1) is 9.29. The number of carbonyl (C=O) groups is 1. The quantitative estimate of drug-likeness (QED) is 0.845. The molecule has 0 spiro atoms. The van der Waals surface area contributed by atoms with Crippen molar-refractivity contribution in [1.82, 2.24) is 10.6 Å². The van der Waals surface area contributed by atoms with Crippen LogP contribution < -0.4 is 10.6 Å². The van der Waals surface area contributed by atoms with Gasteiger partial charge in [0.05, 0.1) is 0 Å². The molecule has 3 unspecified atom stereocenters. The van der Waals surface area contributed by atoms with Gasteiger partial charge < -0.3 is 10.6 Å². The molecule has 3 heteroatoms. The maximum Gasteiger partial charge on any atom is 0.251 e. The first kappa shape index (κ1) is 11.5. The summed E-state index contributed by atoms with van der Waals surface area (Å²) in [6.07, 6.45) is 5.92. The van der Waals surface area contributed by atoms with Crippen LogP contribution in [0.25, 0.3) is 0 Å². The summed E-state index contributed by atoms with van der Waals surface area (Å²) in [4.78, 5) is 12.3. The average molecular weight is 256 g/mol. The van der Waals surface area contributed by atoms with Crippen LogP contribution in [0, 0.1) is 5.92 Å². The van der Waals surface area contributed by atoms with Crippen LogP contribution in [-0.2, 0) is 12.8 Å². The molecule has 1 aromatic rings. The summed E-state index contributed by atoms with van der Waals surface area (Å²) >= 11 is 0. The van der Waals surface area contributed by atoms with E-state index in [2.05, 4.69) is 22.8 Å². The monoisotopic (exact) mass is 256 g/mol. The molecule has 1 aliphatic heterocycles. The van der Waals surface area contributed by atoms with Crippen molar-refractivity contribution in [3.8, 4) is 0 Å². The third-order valence-electron chi connectivity index (χ3n) is 5.01. The zero-order chi connectivity index (χ0) is 12.8. The molecule has 19 heavy (non-hydrogen) atoms. The summed E-state index contributed by atoms with van der Waals surface area (Å²) < 4.78 is 0. The molecule has 1 aromatic carbocycles. The normalized spacial score (nSPS) is 31.5. The molecule has 2 fully saturated rings. The van der Waals surface area contributed by atoms with E-state index >= 15 is 0 Å². The Morgan fingerprint density at radius 3 is 2.89 bits per heavy atom. The zero-order valence-electron chi connectivity index (χ0n) is 11.1. The second kappa shape index (κ2) is 4.34. The van der Waals surface area contributed by atoms with Crippen molar-refractivity contribution in [1.29, 1.82) is 0 Å². The third kappa shape index (κ3) is 1.96. The lowest BCUT2D eigenvalue weighted by molar-refractivity contribution is 0.0928. The number of hydrogen-bond acceptors (Lipinski definition) is 2. The van der Waals surface area contributed by atoms with Gasteiger partial charge >= 0.3 is 0 Å². The maximum atomic E-state index is 12.3. The highest BCUT2D eigenvalue weighted by molar-refractivity contribution is 5.94. The predicted molar refractivity (Wildman–Crippen MR) is 74.2 cm³/mol. The van der Waals surface area contributed by atoms with Crippen LogP contribution >= 0.6 is 0 Å². The van der Waals surface area contributed by atoms with Crippen LogP contribution in [0.15, 0.2) is 18.2 Å². The molecule has 1 heterocycles. The van der Waals surface area contributed by atoms with Crippen LogP contribution in [0.5, 0.6) is 0 Å². The molecular weight excluding hydrogens is 236 g/mol. The third-order valence-corrected chi connectivity index (χ3v) is 5.01. The highest BCUT2D eigenvalue weighted by atomic mass is 16.1. The zero-order valence-corrected chi connectivity index (χ0v) is 11.1. The van der Waals surface area contributed by atoms with Crippen LogP contribution in [0.1, 0.15) is 40.7 Å². The van der Waals surface area contributed by atoms with Gasteiger partial charge in [0.25, 0.3) is 5.91 Å². The number of benzene rings is 1. The molecular formula is C16H20N2O. The summed E-state index contributed by atoms with van der Waals surface area (Å²) in [6, 6.07) is 7.05. The average Bonchev–Trinajstić information content (AvgIpc) is 3.13. The number of nitrogens with one attached hydrogen (secondary N) is 2. The van der Waals surface area contributed by atoms with Gasteiger partial charge in [-0.3, -0.25) is 4.79 Å². The molecule has 3 nitrogen and oxygen atoms in total. The van der Waals surface area contributed by atoms with Gasteiger partial charge in [-0.15, -0.1) is 0 Å². The van der Waals surface area contributed by atoms with E-state index in [1.807, 2.05) is 6.07 Å². The molecule has 0 radical (unpaired) electrons. The molecule has 1 saturated heterocycles. The molecule has 2 aliphatic carbocycles. The molecule has 1 saturated carbocycles. The summed E-state index contributed by atoms with van der Waals surface area (Å²) in [5, 5.41) is 6.71. The number of fused-ring (bicyclic) bond motifs is 3. The van der Waals surface area contributed by atoms with Gasteiger partial charge in [0.15, 0.2) is 0 Å². The van der Waals surface area contributed by atoms with Crippen LogP contribution in [0.4, 0.5) is 0 Å². The van der Waals surface area contributed by atoms with Crippen LogP contribution in [0.2, 0.25) is 0 Å². The molecule has 3 atom stereocenters. The molecule has 100 valence electrons. The topological polar surface area (TPSA) is 41.1 Å². The molecule has 0 aromatic heterocycles. The van der Waals surface area contributed by atoms with Crippen LogP contribution in [-0.4, -0.2) is 24.5 Å². The first-order valence-corrected chi connectivity index (χ1v) is 7.45. The smallest absolute Gasteiger partial charge is 0.251 e. The predicted octanol–water partition coefficient (Wildman–Crippen LogP) is 1.66. The van der Waals surface area contributed by atoms with Crippen molar-refractivity contribution in [3.05, 3.63) is 34.9 Å². The minimum Gasteiger partial charge on any atom is -0.348 e. The second-order valence-corrected chi connectivity index (χ2v) is 6.27. The van der Waals surface area contributed by atoms with Gasteiger partial charge in [-0.2, -0.15) is 0 Å². The standard InChI is InChI=1S/C16H20N2O/c19-16(18-15-7-10-6-14(15)17-9-10)13-5-4-11-2-1-3-12(11)8-13/h4-5,8,10,14-15,17H,1-3,6-7,9H2,(H,18,19). The summed E-state index contributed by atoms with van der Waals surface area (Å²) in [7, 11) is 0. The van der Waals surface area contributed by atoms with Crippen molar-refractivity contribution in [2.75, 3.05) is 6.54 Å². The number of amides is 1. The molecule has 4 rings (SSSR count). The number of rotatable bonds is 2. The van der Waals surface area contributed by atoms with E-state index in [4.69, 9.17) is 0 Å². The van der Waals surface area contributed by atoms with E-state index in [0.29, 0.717) is 12.1 Å². The summed E-state index contributed by atoms with van der Waals surface area (Å²) in [5.74, 6) is 0.879. The van der Waals surface area contributed by atoms with Gasteiger partial charge in [0.2, 0.25) is 0 Å². The Morgan fingerprint density at radius 1 is 1.21 bits per heavy atom. The lowest BCUT2D eigenvalue weighted by atomic mass is 10.0. The Bertz CT molecular complexity index is 525. The lowest BCUT2D eigenvalue weighted by Gasteiger charge is -2.24. The van der Waals surface area contributed by atoms with E-state index in [9.17, 15) is 4.79 Å². The van der Waals surface area contributed by atoms with E-state index in [1.165, 1.54) is 30.4 Å². The van der Waals surface area contributed by atoms with Gasteiger partial charge in [-0.1, -0.05) is 6.07 Å². The fourth-order valence-corrected chi connectivity index (χ4v) is 3.98. The van der Waals surface area contributed by atoms with Crippen LogP contribution in [0.3, 0.4) is 0 Å². The fraction of sp³-hybridized carbons (Fsp3) is 0.562. The number of hydrogen-bond donors (Lipinski definition) is 2. The van der Waals surface area contributed by atoms with E-state index in [0.717, 1.165) is 30.9 Å². The number of carbonyl (C=O) groups excluding carboxylic acids is 1. The lowest BCUT2D eigenvalue weighted by Crippen LogP contribution is -2.47. The highest BCUT2D eigenvalue weighted by Gasteiger charge is 2.40. The molecule has 2 N–H and O–H groups in total. The van der Waals surface area contributed by atoms with E-state index in [-0.39, 0.29) is 5.91 Å². The van der Waals surface area contributed by atoms with Gasteiger partial charge in [0, 0.05) is 17.6 Å². The second-order valence-electron chi connectivity index (χ2n) is 6.27. The summed E-state index contributed by atoms with van der Waals surface area (Å²) in [6.45, 7) is 1.13. The Labute approximate surface area is 113 Å².